The van der Waals surface area contributed by atoms with Crippen LogP contribution >= 0.6 is 0 Å². The van der Waals surface area contributed by atoms with E-state index in [0.717, 1.165) is 28.9 Å². The number of carbonyl (C=O) groups is 1. The molecule has 5 heteroatoms. The number of nitrogens with one attached hydrogen (secondary N) is 1. The van der Waals surface area contributed by atoms with Gasteiger partial charge in [0, 0.05) is 5.56 Å². The molecule has 20 heavy (non-hydrogen) atoms. The van der Waals surface area contributed by atoms with E-state index in [1.807, 2.05) is 26.0 Å². The zero-order chi connectivity index (χ0) is 14.7. The highest BCUT2D eigenvalue weighted by Crippen LogP contribution is 2.30. The van der Waals surface area contributed by atoms with Gasteiger partial charge in [-0.05, 0) is 43.5 Å². The molecule has 0 fully saturated rings. The Morgan fingerprint density at radius 2 is 2.00 bits per heavy atom. The van der Waals surface area contributed by atoms with E-state index in [-0.39, 0.29) is 5.56 Å². The normalized spacial score (nSPS) is 10.6. The minimum Gasteiger partial charge on any atom is -0.493 e. The summed E-state index contributed by atoms with van der Waals surface area (Å²) in [7, 11) is 0. The molecular weight excluding hydrogens is 256 g/mol. The molecule has 106 valence electrons. The summed E-state index contributed by atoms with van der Waals surface area (Å²) in [6.07, 6.45) is 2.27. The van der Waals surface area contributed by atoms with Gasteiger partial charge in [-0.25, -0.2) is 4.79 Å². The lowest BCUT2D eigenvalue weighted by molar-refractivity contribution is 0.0698. The number of rotatable bonds is 5. The molecule has 1 heterocycles. The van der Waals surface area contributed by atoms with Gasteiger partial charge >= 0.3 is 5.97 Å². The number of nitrogens with zero attached hydrogens (tertiary/aromatic N) is 1. The van der Waals surface area contributed by atoms with E-state index >= 15 is 0 Å². The monoisotopic (exact) mass is 274 g/mol. The predicted molar refractivity (Wildman–Crippen MR) is 76.2 cm³/mol. The van der Waals surface area contributed by atoms with E-state index < -0.39 is 5.97 Å². The van der Waals surface area contributed by atoms with E-state index in [2.05, 4.69) is 17.1 Å². The third-order valence-electron chi connectivity index (χ3n) is 3.07. The highest BCUT2D eigenvalue weighted by Gasteiger charge is 2.16. The molecule has 2 N–H and O–H groups in total. The highest BCUT2D eigenvalue weighted by molar-refractivity contribution is 5.94. The molecule has 0 saturated heterocycles. The Morgan fingerprint density at radius 1 is 1.35 bits per heavy atom. The Kier molecular flexibility index (Phi) is 4.08. The van der Waals surface area contributed by atoms with Crippen molar-refractivity contribution in [2.45, 2.75) is 27.2 Å². The zero-order valence-electron chi connectivity index (χ0n) is 11.9. The first kappa shape index (κ1) is 14.1. The number of aryl methyl sites for hydroxylation is 2. The molecule has 2 rings (SSSR count). The minimum absolute atomic E-state index is 0.172. The van der Waals surface area contributed by atoms with Crippen molar-refractivity contribution in [2.75, 3.05) is 6.61 Å². The first-order valence-electron chi connectivity index (χ1n) is 6.55. The summed E-state index contributed by atoms with van der Waals surface area (Å²) in [5.41, 5.74) is 3.47. The van der Waals surface area contributed by atoms with Crippen molar-refractivity contribution in [2.24, 2.45) is 0 Å². The number of hydrogen-bond donors (Lipinski definition) is 2. The molecule has 0 aliphatic heterocycles. The van der Waals surface area contributed by atoms with E-state index in [1.165, 1.54) is 6.20 Å². The van der Waals surface area contributed by atoms with E-state index in [9.17, 15) is 4.79 Å². The summed E-state index contributed by atoms with van der Waals surface area (Å²) >= 11 is 0. The van der Waals surface area contributed by atoms with Crippen molar-refractivity contribution in [3.8, 4) is 17.0 Å². The number of ether oxygens (including phenoxy) is 1. The Morgan fingerprint density at radius 3 is 2.55 bits per heavy atom. The summed E-state index contributed by atoms with van der Waals surface area (Å²) in [6, 6.07) is 3.83. The quantitative estimate of drug-likeness (QED) is 0.878. The maximum atomic E-state index is 11.1. The molecule has 0 aliphatic rings. The summed E-state index contributed by atoms with van der Waals surface area (Å²) in [6.45, 7) is 6.64. The van der Waals surface area contributed by atoms with Crippen LogP contribution in [-0.4, -0.2) is 27.9 Å². The number of aromatic carboxylic acids is 1. The maximum Gasteiger partial charge on any atom is 0.339 e. The van der Waals surface area contributed by atoms with Gasteiger partial charge in [-0.1, -0.05) is 6.92 Å². The summed E-state index contributed by atoms with van der Waals surface area (Å²) in [5, 5.41) is 15.7. The predicted octanol–water partition coefficient (Wildman–Crippen LogP) is 3.18. The van der Waals surface area contributed by atoms with Crippen LogP contribution in [-0.2, 0) is 0 Å². The third kappa shape index (κ3) is 2.66. The van der Waals surface area contributed by atoms with Crippen molar-refractivity contribution in [3.05, 3.63) is 35.0 Å². The van der Waals surface area contributed by atoms with Crippen molar-refractivity contribution >= 4 is 5.97 Å². The standard InChI is InChI=1S/C15H18N2O3/c1-4-5-20-14-9(2)6-11(7-10(14)3)13-12(15(18)19)8-16-17-13/h6-8H,4-5H2,1-3H3,(H,16,17)(H,18,19). The van der Waals surface area contributed by atoms with Crippen molar-refractivity contribution in [1.82, 2.24) is 10.2 Å². The number of carboxylic acids is 1. The van der Waals surface area contributed by atoms with E-state index in [4.69, 9.17) is 9.84 Å². The molecule has 1 aromatic heterocycles. The number of hydrogen-bond acceptors (Lipinski definition) is 3. The molecule has 0 atom stereocenters. The second-order valence-corrected chi connectivity index (χ2v) is 4.75. The van der Waals surface area contributed by atoms with Gasteiger partial charge in [0.1, 0.15) is 11.3 Å². The Labute approximate surface area is 117 Å². The third-order valence-corrected chi connectivity index (χ3v) is 3.07. The van der Waals surface area contributed by atoms with Gasteiger partial charge in [0.2, 0.25) is 0 Å². The van der Waals surface area contributed by atoms with Crippen LogP contribution < -0.4 is 4.74 Å². The fraction of sp³-hybridized carbons (Fsp3) is 0.333. The Hall–Kier alpha value is -2.30. The van der Waals surface area contributed by atoms with Gasteiger partial charge in [-0.15, -0.1) is 0 Å². The SMILES string of the molecule is CCCOc1c(C)cc(-c2[nH]ncc2C(=O)O)cc1C. The summed E-state index contributed by atoms with van der Waals surface area (Å²) in [5.74, 6) is -0.123. The number of aromatic nitrogens is 2. The van der Waals surface area contributed by atoms with Gasteiger partial charge < -0.3 is 9.84 Å². The average Bonchev–Trinajstić information content (AvgIpc) is 2.87. The number of H-pyrrole nitrogens is 1. The first-order valence-corrected chi connectivity index (χ1v) is 6.55. The minimum atomic E-state index is -0.990. The second-order valence-electron chi connectivity index (χ2n) is 4.75. The first-order chi connectivity index (χ1) is 9.54. The Bertz CT molecular complexity index is 609. The van der Waals surface area contributed by atoms with Gasteiger partial charge in [0.25, 0.3) is 0 Å². The highest BCUT2D eigenvalue weighted by atomic mass is 16.5. The van der Waals surface area contributed by atoms with E-state index in [0.29, 0.717) is 12.3 Å². The number of aromatic amines is 1. The smallest absolute Gasteiger partial charge is 0.339 e. The molecule has 1 aromatic carbocycles. The van der Waals surface area contributed by atoms with Crippen LogP contribution in [0.4, 0.5) is 0 Å². The molecule has 0 amide bonds. The number of carboxylic acid groups (broad SMARTS) is 1. The van der Waals surface area contributed by atoms with Crippen LogP contribution in [0.2, 0.25) is 0 Å². The average molecular weight is 274 g/mol. The van der Waals surface area contributed by atoms with Crippen LogP contribution in [0.3, 0.4) is 0 Å². The van der Waals surface area contributed by atoms with Crippen molar-refractivity contribution in [3.63, 3.8) is 0 Å². The summed E-state index contributed by atoms with van der Waals surface area (Å²) in [4.78, 5) is 11.1. The summed E-state index contributed by atoms with van der Waals surface area (Å²) < 4.78 is 5.72. The van der Waals surface area contributed by atoms with Gasteiger partial charge in [-0.2, -0.15) is 5.10 Å². The van der Waals surface area contributed by atoms with Crippen molar-refractivity contribution in [1.29, 1.82) is 0 Å². The molecule has 0 radical (unpaired) electrons. The lowest BCUT2D eigenvalue weighted by Gasteiger charge is -2.13. The fourth-order valence-electron chi connectivity index (χ4n) is 2.19. The van der Waals surface area contributed by atoms with Crippen LogP contribution in [0, 0.1) is 13.8 Å². The van der Waals surface area contributed by atoms with Gasteiger partial charge in [0.05, 0.1) is 18.5 Å². The molecule has 0 aliphatic carbocycles. The Balaban J connectivity index is 2.44. The maximum absolute atomic E-state index is 11.1. The second kappa shape index (κ2) is 5.77. The van der Waals surface area contributed by atoms with E-state index in [1.54, 1.807) is 0 Å². The molecule has 5 nitrogen and oxygen atoms in total. The largest absolute Gasteiger partial charge is 0.493 e. The topological polar surface area (TPSA) is 75.2 Å². The molecular formula is C15H18N2O3. The molecule has 2 aromatic rings. The molecule has 0 saturated carbocycles. The lowest BCUT2D eigenvalue weighted by atomic mass is 10.0. The van der Waals surface area contributed by atoms with Crippen LogP contribution in [0.25, 0.3) is 11.3 Å². The zero-order valence-corrected chi connectivity index (χ0v) is 11.9. The van der Waals surface area contributed by atoms with Crippen molar-refractivity contribution < 1.29 is 14.6 Å². The van der Waals surface area contributed by atoms with Crippen LogP contribution in [0.1, 0.15) is 34.8 Å². The van der Waals surface area contributed by atoms with Crippen LogP contribution in [0.15, 0.2) is 18.3 Å². The van der Waals surface area contributed by atoms with Gasteiger partial charge in [-0.3, -0.25) is 5.10 Å². The van der Waals surface area contributed by atoms with Gasteiger partial charge in [0.15, 0.2) is 0 Å². The van der Waals surface area contributed by atoms with Crippen LogP contribution in [0.5, 0.6) is 5.75 Å². The number of benzene rings is 1. The molecule has 0 spiro atoms. The molecule has 0 unspecified atom stereocenters. The fourth-order valence-corrected chi connectivity index (χ4v) is 2.19. The lowest BCUT2D eigenvalue weighted by Crippen LogP contribution is -2.01. The molecule has 0 bridgehead atoms.